The monoisotopic (exact) mass is 369 g/mol. The third-order valence-corrected chi connectivity index (χ3v) is 4.23. The number of nitrogens with zero attached hydrogens (tertiary/aromatic N) is 3. The fraction of sp³-hybridized carbons (Fsp3) is 0.400. The minimum absolute atomic E-state index is 0.0919. The standard InChI is InChI=1S/C20H23N3O4/c1-12(2)7-17-21-18(27-22-17)11-23(4)19(24)9-14-10-20(25)26-16-8-13(3)5-6-15(14)16/h5-6,8,10,12H,7,9,11H2,1-4H3. The van der Waals surface area contributed by atoms with Crippen LogP contribution in [0.1, 0.15) is 36.7 Å². The predicted octanol–water partition coefficient (Wildman–Crippen LogP) is 2.88. The van der Waals surface area contributed by atoms with Gasteiger partial charge in [-0.1, -0.05) is 31.1 Å². The summed E-state index contributed by atoms with van der Waals surface area (Å²) in [6.45, 7) is 6.30. The van der Waals surface area contributed by atoms with Gasteiger partial charge in [0.05, 0.1) is 13.0 Å². The molecule has 1 aromatic carbocycles. The molecular weight excluding hydrogens is 346 g/mol. The van der Waals surface area contributed by atoms with E-state index in [1.54, 1.807) is 13.1 Å². The zero-order valence-electron chi connectivity index (χ0n) is 16.0. The van der Waals surface area contributed by atoms with E-state index in [0.717, 1.165) is 17.4 Å². The molecule has 0 saturated carbocycles. The van der Waals surface area contributed by atoms with Gasteiger partial charge in [0.25, 0.3) is 0 Å². The van der Waals surface area contributed by atoms with E-state index in [4.69, 9.17) is 8.94 Å². The first kappa shape index (κ1) is 18.8. The van der Waals surface area contributed by atoms with E-state index < -0.39 is 5.63 Å². The topological polar surface area (TPSA) is 89.4 Å². The summed E-state index contributed by atoms with van der Waals surface area (Å²) in [5.74, 6) is 1.32. The second-order valence-corrected chi connectivity index (χ2v) is 7.22. The fourth-order valence-corrected chi connectivity index (χ4v) is 2.87. The summed E-state index contributed by atoms with van der Waals surface area (Å²) in [6.07, 6.45) is 0.820. The molecule has 0 aliphatic rings. The number of fused-ring (bicyclic) bond motifs is 1. The first-order valence-corrected chi connectivity index (χ1v) is 8.90. The smallest absolute Gasteiger partial charge is 0.336 e. The number of hydrogen-bond acceptors (Lipinski definition) is 6. The van der Waals surface area contributed by atoms with Crippen LogP contribution in [0.25, 0.3) is 11.0 Å². The summed E-state index contributed by atoms with van der Waals surface area (Å²) in [6, 6.07) is 6.96. The van der Waals surface area contributed by atoms with E-state index in [1.165, 1.54) is 11.0 Å². The van der Waals surface area contributed by atoms with Crippen LogP contribution in [-0.2, 0) is 24.2 Å². The largest absolute Gasteiger partial charge is 0.423 e. The molecule has 0 aliphatic carbocycles. The number of hydrogen-bond donors (Lipinski definition) is 0. The number of carbonyl (C=O) groups is 1. The zero-order chi connectivity index (χ0) is 19.6. The second-order valence-electron chi connectivity index (χ2n) is 7.22. The Kier molecular flexibility index (Phi) is 5.39. The quantitative estimate of drug-likeness (QED) is 0.621. The van der Waals surface area contributed by atoms with Crippen molar-refractivity contribution in [2.75, 3.05) is 7.05 Å². The van der Waals surface area contributed by atoms with Crippen LogP contribution in [0.5, 0.6) is 0 Å². The summed E-state index contributed by atoms with van der Waals surface area (Å²) >= 11 is 0. The first-order chi connectivity index (χ1) is 12.8. The fourth-order valence-electron chi connectivity index (χ4n) is 2.87. The average molecular weight is 369 g/mol. The lowest BCUT2D eigenvalue weighted by Crippen LogP contribution is -2.28. The predicted molar refractivity (Wildman–Crippen MR) is 100 cm³/mol. The lowest BCUT2D eigenvalue weighted by molar-refractivity contribution is -0.130. The molecule has 3 rings (SSSR count). The lowest BCUT2D eigenvalue weighted by atomic mass is 10.1. The van der Waals surface area contributed by atoms with Gasteiger partial charge in [0.1, 0.15) is 5.58 Å². The molecule has 7 nitrogen and oxygen atoms in total. The molecule has 2 aromatic heterocycles. The highest BCUT2D eigenvalue weighted by molar-refractivity contribution is 5.87. The number of aryl methyl sites for hydroxylation is 1. The molecule has 0 atom stereocenters. The van der Waals surface area contributed by atoms with Gasteiger partial charge >= 0.3 is 5.63 Å². The van der Waals surface area contributed by atoms with Gasteiger partial charge < -0.3 is 13.8 Å². The number of benzene rings is 1. The molecule has 7 heteroatoms. The van der Waals surface area contributed by atoms with Crippen LogP contribution in [0, 0.1) is 12.8 Å². The molecule has 0 saturated heterocycles. The van der Waals surface area contributed by atoms with Gasteiger partial charge in [-0.05, 0) is 30.0 Å². The van der Waals surface area contributed by atoms with Gasteiger partial charge in [0.2, 0.25) is 11.8 Å². The third kappa shape index (κ3) is 4.61. The molecule has 1 amide bonds. The van der Waals surface area contributed by atoms with E-state index in [9.17, 15) is 9.59 Å². The number of carbonyl (C=O) groups excluding carboxylic acids is 1. The SMILES string of the molecule is Cc1ccc2c(CC(=O)N(C)Cc3nc(CC(C)C)no3)cc(=O)oc2c1. The second kappa shape index (κ2) is 7.73. The minimum Gasteiger partial charge on any atom is -0.423 e. The molecule has 0 radical (unpaired) electrons. The Morgan fingerprint density at radius 1 is 1.26 bits per heavy atom. The van der Waals surface area contributed by atoms with Gasteiger partial charge in [0.15, 0.2) is 5.82 Å². The van der Waals surface area contributed by atoms with Crippen LogP contribution < -0.4 is 5.63 Å². The van der Waals surface area contributed by atoms with Gasteiger partial charge in [-0.25, -0.2) is 4.79 Å². The van der Waals surface area contributed by atoms with Crippen molar-refractivity contribution in [1.29, 1.82) is 0 Å². The van der Waals surface area contributed by atoms with Crippen molar-refractivity contribution in [3.05, 3.63) is 57.5 Å². The highest BCUT2D eigenvalue weighted by atomic mass is 16.5. The molecule has 0 spiro atoms. The molecule has 0 fully saturated rings. The van der Waals surface area contributed by atoms with Gasteiger partial charge in [-0.2, -0.15) is 4.98 Å². The number of rotatable bonds is 6. The molecular formula is C20H23N3O4. The molecule has 0 N–H and O–H groups in total. The van der Waals surface area contributed by atoms with Gasteiger partial charge in [-0.3, -0.25) is 4.79 Å². The van der Waals surface area contributed by atoms with Crippen molar-refractivity contribution in [1.82, 2.24) is 15.0 Å². The van der Waals surface area contributed by atoms with Crippen molar-refractivity contribution < 1.29 is 13.7 Å². The number of aromatic nitrogens is 2. The maximum atomic E-state index is 12.6. The van der Waals surface area contributed by atoms with Crippen LogP contribution in [0.3, 0.4) is 0 Å². The summed E-state index contributed by atoms with van der Waals surface area (Å²) in [5, 5.41) is 4.70. The lowest BCUT2D eigenvalue weighted by Gasteiger charge is -2.15. The first-order valence-electron chi connectivity index (χ1n) is 8.90. The molecule has 0 aliphatic heterocycles. The van der Waals surface area contributed by atoms with E-state index in [0.29, 0.717) is 28.8 Å². The maximum Gasteiger partial charge on any atom is 0.336 e. The van der Waals surface area contributed by atoms with Crippen molar-refractivity contribution in [2.45, 2.75) is 40.2 Å². The Morgan fingerprint density at radius 2 is 2.04 bits per heavy atom. The Hall–Kier alpha value is -2.96. The molecule has 27 heavy (non-hydrogen) atoms. The van der Waals surface area contributed by atoms with Crippen LogP contribution in [0.15, 0.2) is 38.0 Å². The van der Waals surface area contributed by atoms with Crippen LogP contribution in [0.2, 0.25) is 0 Å². The Morgan fingerprint density at radius 3 is 2.78 bits per heavy atom. The van der Waals surface area contributed by atoms with E-state index in [1.807, 2.05) is 19.1 Å². The number of amides is 1. The molecule has 0 unspecified atom stereocenters. The average Bonchev–Trinajstić information content (AvgIpc) is 3.00. The van der Waals surface area contributed by atoms with Crippen molar-refractivity contribution >= 4 is 16.9 Å². The van der Waals surface area contributed by atoms with Gasteiger partial charge in [0, 0.05) is 24.9 Å². The summed E-state index contributed by atoms with van der Waals surface area (Å²) < 4.78 is 10.5. The Balaban J connectivity index is 1.74. The van der Waals surface area contributed by atoms with E-state index in [-0.39, 0.29) is 18.9 Å². The molecule has 2 heterocycles. The van der Waals surface area contributed by atoms with Crippen LogP contribution in [0.4, 0.5) is 0 Å². The molecule has 3 aromatic rings. The summed E-state index contributed by atoms with van der Waals surface area (Å²) in [5.41, 5.74) is 1.65. The Labute approximate surface area is 157 Å². The zero-order valence-corrected chi connectivity index (χ0v) is 16.0. The molecule has 142 valence electrons. The highest BCUT2D eigenvalue weighted by Crippen LogP contribution is 2.19. The van der Waals surface area contributed by atoms with E-state index in [2.05, 4.69) is 24.0 Å². The summed E-state index contributed by atoms with van der Waals surface area (Å²) in [4.78, 5) is 30.3. The van der Waals surface area contributed by atoms with Crippen molar-refractivity contribution in [3.63, 3.8) is 0 Å². The Bertz CT molecular complexity index is 1020. The van der Waals surface area contributed by atoms with Crippen LogP contribution in [-0.4, -0.2) is 28.0 Å². The van der Waals surface area contributed by atoms with Crippen molar-refractivity contribution in [2.24, 2.45) is 5.92 Å². The van der Waals surface area contributed by atoms with Crippen molar-refractivity contribution in [3.8, 4) is 0 Å². The highest BCUT2D eigenvalue weighted by Gasteiger charge is 2.17. The third-order valence-electron chi connectivity index (χ3n) is 4.23. The number of likely N-dealkylation sites (N-methyl/N-ethyl adjacent to an activating group) is 1. The van der Waals surface area contributed by atoms with E-state index >= 15 is 0 Å². The minimum atomic E-state index is -0.464. The van der Waals surface area contributed by atoms with Crippen LogP contribution >= 0.6 is 0 Å². The normalized spacial score (nSPS) is 11.3. The van der Waals surface area contributed by atoms with Gasteiger partial charge in [-0.15, -0.1) is 0 Å². The maximum absolute atomic E-state index is 12.6. The molecule has 0 bridgehead atoms. The summed E-state index contributed by atoms with van der Waals surface area (Å²) in [7, 11) is 1.67.